The fourth-order valence-electron chi connectivity index (χ4n) is 3.61. The van der Waals surface area contributed by atoms with E-state index in [-0.39, 0.29) is 0 Å². The predicted octanol–water partition coefficient (Wildman–Crippen LogP) is 3.87. The molecule has 0 aliphatic carbocycles. The molecule has 2 aromatic carbocycles. The second kappa shape index (κ2) is 6.39. The maximum absolute atomic E-state index is 6.11. The summed E-state index contributed by atoms with van der Waals surface area (Å²) in [5.74, 6) is 1.01. The average Bonchev–Trinajstić information content (AvgIpc) is 3.38. The molecule has 1 aliphatic rings. The zero-order chi connectivity index (χ0) is 18.2. The Morgan fingerprint density at radius 2 is 1.81 bits per heavy atom. The third kappa shape index (κ3) is 2.89. The molecule has 1 saturated heterocycles. The van der Waals surface area contributed by atoms with Gasteiger partial charge >= 0.3 is 0 Å². The monoisotopic (exact) mass is 356 g/mol. The number of fused-ring (bicyclic) bond motifs is 1. The topological polar surface area (TPSA) is 83.7 Å². The number of H-pyrrole nitrogens is 1. The second-order valence-electron chi connectivity index (χ2n) is 6.84. The molecular formula is C21H20N6. The number of hydrogen-bond donors (Lipinski definition) is 2. The number of nitrogens with one attached hydrogen (secondary N) is 1. The number of para-hydroxylation sites is 2. The van der Waals surface area contributed by atoms with Crippen molar-refractivity contribution in [3.8, 4) is 22.8 Å². The molecule has 27 heavy (non-hydrogen) atoms. The molecule has 0 atom stereocenters. The Kier molecular flexibility index (Phi) is 3.74. The standard InChI is InChI=1S/C21H20N6/c22-20-19(21-25-16-8-1-2-9-17(16)26-21)24-18(13-23-20)14-6-5-7-15(12-14)27-10-3-4-11-27/h1-2,5-9,12-13H,3-4,10-11H2,(H2,22,23)(H,25,26). The molecule has 1 fully saturated rings. The molecular weight excluding hydrogens is 336 g/mol. The molecule has 6 heteroatoms. The number of aromatic amines is 1. The van der Waals surface area contributed by atoms with Crippen molar-refractivity contribution in [1.29, 1.82) is 0 Å². The lowest BCUT2D eigenvalue weighted by atomic mass is 10.1. The Labute approximate surface area is 157 Å². The van der Waals surface area contributed by atoms with Gasteiger partial charge in [0.25, 0.3) is 0 Å². The highest BCUT2D eigenvalue weighted by Gasteiger charge is 2.15. The average molecular weight is 356 g/mol. The van der Waals surface area contributed by atoms with E-state index in [1.165, 1.54) is 18.5 Å². The van der Waals surface area contributed by atoms with Gasteiger partial charge in [0, 0.05) is 24.3 Å². The zero-order valence-electron chi connectivity index (χ0n) is 14.9. The van der Waals surface area contributed by atoms with E-state index in [9.17, 15) is 0 Å². The highest BCUT2D eigenvalue weighted by atomic mass is 15.1. The van der Waals surface area contributed by atoms with Gasteiger partial charge in [-0.25, -0.2) is 15.0 Å². The van der Waals surface area contributed by atoms with Crippen LogP contribution in [0.25, 0.3) is 33.8 Å². The van der Waals surface area contributed by atoms with Gasteiger partial charge in [-0.3, -0.25) is 0 Å². The van der Waals surface area contributed by atoms with Gasteiger partial charge in [0.05, 0.1) is 22.9 Å². The van der Waals surface area contributed by atoms with E-state index in [0.29, 0.717) is 17.3 Å². The van der Waals surface area contributed by atoms with Gasteiger partial charge < -0.3 is 15.6 Å². The fraction of sp³-hybridized carbons (Fsp3) is 0.190. The highest BCUT2D eigenvalue weighted by Crippen LogP contribution is 2.29. The highest BCUT2D eigenvalue weighted by molar-refractivity contribution is 5.81. The minimum atomic E-state index is 0.369. The van der Waals surface area contributed by atoms with Crippen molar-refractivity contribution in [3.63, 3.8) is 0 Å². The van der Waals surface area contributed by atoms with Gasteiger partial charge in [-0.1, -0.05) is 24.3 Å². The third-order valence-electron chi connectivity index (χ3n) is 5.03. The molecule has 0 amide bonds. The Morgan fingerprint density at radius 1 is 0.963 bits per heavy atom. The van der Waals surface area contributed by atoms with E-state index in [4.69, 9.17) is 10.7 Å². The number of nitrogens with zero attached hydrogens (tertiary/aromatic N) is 4. The van der Waals surface area contributed by atoms with Gasteiger partial charge in [0.15, 0.2) is 11.6 Å². The second-order valence-corrected chi connectivity index (χ2v) is 6.84. The lowest BCUT2D eigenvalue weighted by Gasteiger charge is -2.18. The Hall–Kier alpha value is -3.41. The van der Waals surface area contributed by atoms with E-state index in [2.05, 4.69) is 44.1 Å². The molecule has 6 nitrogen and oxygen atoms in total. The van der Waals surface area contributed by atoms with E-state index < -0.39 is 0 Å². The molecule has 134 valence electrons. The van der Waals surface area contributed by atoms with Gasteiger partial charge in [-0.15, -0.1) is 0 Å². The summed E-state index contributed by atoms with van der Waals surface area (Å²) >= 11 is 0. The zero-order valence-corrected chi connectivity index (χ0v) is 14.9. The Balaban J connectivity index is 1.56. The quantitative estimate of drug-likeness (QED) is 0.582. The van der Waals surface area contributed by atoms with Crippen LogP contribution in [0, 0.1) is 0 Å². The van der Waals surface area contributed by atoms with Gasteiger partial charge in [-0.05, 0) is 37.1 Å². The lowest BCUT2D eigenvalue weighted by molar-refractivity contribution is 0.949. The van der Waals surface area contributed by atoms with Crippen LogP contribution in [0.3, 0.4) is 0 Å². The van der Waals surface area contributed by atoms with E-state index in [1.54, 1.807) is 6.20 Å². The van der Waals surface area contributed by atoms with E-state index >= 15 is 0 Å². The third-order valence-corrected chi connectivity index (χ3v) is 5.03. The minimum Gasteiger partial charge on any atom is -0.382 e. The van der Waals surface area contributed by atoms with Crippen LogP contribution < -0.4 is 10.6 Å². The van der Waals surface area contributed by atoms with E-state index in [0.717, 1.165) is 35.4 Å². The van der Waals surface area contributed by atoms with Crippen LogP contribution in [0.5, 0.6) is 0 Å². The molecule has 0 bridgehead atoms. The number of benzene rings is 2. The summed E-state index contributed by atoms with van der Waals surface area (Å²) < 4.78 is 0. The van der Waals surface area contributed by atoms with Crippen molar-refractivity contribution in [1.82, 2.24) is 19.9 Å². The summed E-state index contributed by atoms with van der Waals surface area (Å²) in [5, 5.41) is 0. The fourth-order valence-corrected chi connectivity index (χ4v) is 3.61. The van der Waals surface area contributed by atoms with Gasteiger partial charge in [-0.2, -0.15) is 0 Å². The normalized spacial score (nSPS) is 14.1. The van der Waals surface area contributed by atoms with Crippen LogP contribution in [-0.4, -0.2) is 33.0 Å². The molecule has 5 rings (SSSR count). The molecule has 4 aromatic rings. The smallest absolute Gasteiger partial charge is 0.161 e. The van der Waals surface area contributed by atoms with Crippen molar-refractivity contribution in [2.45, 2.75) is 12.8 Å². The molecule has 1 aliphatic heterocycles. The van der Waals surface area contributed by atoms with Crippen LogP contribution >= 0.6 is 0 Å². The summed E-state index contributed by atoms with van der Waals surface area (Å²) in [6.45, 7) is 2.22. The maximum atomic E-state index is 6.11. The summed E-state index contributed by atoms with van der Waals surface area (Å²) in [7, 11) is 0. The van der Waals surface area contributed by atoms with Crippen LogP contribution in [-0.2, 0) is 0 Å². The first-order valence-electron chi connectivity index (χ1n) is 9.21. The van der Waals surface area contributed by atoms with Crippen molar-refractivity contribution >= 4 is 22.5 Å². The van der Waals surface area contributed by atoms with Gasteiger partial charge in [0.2, 0.25) is 0 Å². The molecule has 0 unspecified atom stereocenters. The molecule has 3 heterocycles. The first kappa shape index (κ1) is 15.8. The molecule has 3 N–H and O–H groups in total. The minimum absolute atomic E-state index is 0.369. The van der Waals surface area contributed by atoms with Crippen molar-refractivity contribution < 1.29 is 0 Å². The van der Waals surface area contributed by atoms with Gasteiger partial charge in [0.1, 0.15) is 5.69 Å². The Morgan fingerprint density at radius 3 is 2.67 bits per heavy atom. The van der Waals surface area contributed by atoms with Crippen LogP contribution in [0.15, 0.2) is 54.7 Å². The summed E-state index contributed by atoms with van der Waals surface area (Å²) in [4.78, 5) is 19.5. The van der Waals surface area contributed by atoms with Crippen molar-refractivity contribution in [3.05, 3.63) is 54.7 Å². The largest absolute Gasteiger partial charge is 0.382 e. The number of rotatable bonds is 3. The molecule has 0 spiro atoms. The number of nitrogens with two attached hydrogens (primary N) is 1. The SMILES string of the molecule is Nc1ncc(-c2cccc(N3CCCC3)c2)nc1-c1nc2ccccc2[nH]1. The summed E-state index contributed by atoms with van der Waals surface area (Å²) in [6, 6.07) is 16.3. The summed E-state index contributed by atoms with van der Waals surface area (Å²) in [6.07, 6.45) is 4.23. The Bertz CT molecular complexity index is 1080. The first-order valence-corrected chi connectivity index (χ1v) is 9.21. The van der Waals surface area contributed by atoms with E-state index in [1.807, 2.05) is 24.3 Å². The molecule has 2 aromatic heterocycles. The van der Waals surface area contributed by atoms with Crippen LogP contribution in [0.4, 0.5) is 11.5 Å². The van der Waals surface area contributed by atoms with Crippen molar-refractivity contribution in [2.75, 3.05) is 23.7 Å². The summed E-state index contributed by atoms with van der Waals surface area (Å²) in [5.41, 5.74) is 11.6. The van der Waals surface area contributed by atoms with Crippen LogP contribution in [0.1, 0.15) is 12.8 Å². The first-order chi connectivity index (χ1) is 13.3. The molecule has 0 saturated carbocycles. The molecule has 0 radical (unpaired) electrons. The van der Waals surface area contributed by atoms with Crippen molar-refractivity contribution in [2.24, 2.45) is 0 Å². The number of imidazole rings is 1. The lowest BCUT2D eigenvalue weighted by Crippen LogP contribution is -2.17. The number of aromatic nitrogens is 4. The number of hydrogen-bond acceptors (Lipinski definition) is 5. The maximum Gasteiger partial charge on any atom is 0.161 e. The number of nitrogen functional groups attached to an aromatic ring is 1. The number of anilines is 2. The predicted molar refractivity (Wildman–Crippen MR) is 108 cm³/mol. The van der Waals surface area contributed by atoms with Crippen LogP contribution in [0.2, 0.25) is 0 Å².